The Labute approximate surface area is 129 Å². The molecule has 1 rings (SSSR count). The molecule has 4 nitrogen and oxygen atoms in total. The topological polar surface area (TPSA) is 64.4 Å². The van der Waals surface area contributed by atoms with Gasteiger partial charge in [-0.3, -0.25) is 4.79 Å². The highest BCUT2D eigenvalue weighted by Gasteiger charge is 2.33. The molecule has 0 bridgehead atoms. The van der Waals surface area contributed by atoms with Crippen molar-refractivity contribution >= 4 is 27.5 Å². The lowest BCUT2D eigenvalue weighted by atomic mass is 9.87. The summed E-state index contributed by atoms with van der Waals surface area (Å²) in [6.45, 7) is 5.27. The molecule has 1 atom stereocenters. The van der Waals surface area contributed by atoms with Crippen LogP contribution < -0.4 is 15.8 Å². The Hall–Kier alpha value is -1.28. The molecule has 1 amide bonds. The molecule has 8 heteroatoms. The van der Waals surface area contributed by atoms with Crippen LogP contribution in [0.5, 0.6) is 5.75 Å². The lowest BCUT2D eigenvalue weighted by Crippen LogP contribution is -2.45. The normalized spacial score (nSPS) is 13.7. The summed E-state index contributed by atoms with van der Waals surface area (Å²) in [5.74, 6) is -1.09. The Morgan fingerprint density at radius 2 is 1.90 bits per heavy atom. The van der Waals surface area contributed by atoms with Gasteiger partial charge in [0.2, 0.25) is 5.91 Å². The fourth-order valence-corrected chi connectivity index (χ4v) is 1.75. The van der Waals surface area contributed by atoms with Crippen molar-refractivity contribution in [2.24, 2.45) is 11.1 Å². The van der Waals surface area contributed by atoms with Crippen LogP contribution in [0.15, 0.2) is 22.7 Å². The lowest BCUT2D eigenvalue weighted by Gasteiger charge is -2.26. The first-order valence-electron chi connectivity index (χ1n) is 6.02. The summed E-state index contributed by atoms with van der Waals surface area (Å²) in [4.78, 5) is 12.0. The van der Waals surface area contributed by atoms with Gasteiger partial charge in [0.15, 0.2) is 5.75 Å². The number of amides is 1. The highest BCUT2D eigenvalue weighted by atomic mass is 79.9. The molecule has 0 aliphatic carbocycles. The number of ether oxygens (including phenoxy) is 1. The molecule has 0 heterocycles. The third-order valence-corrected chi connectivity index (χ3v) is 3.14. The summed E-state index contributed by atoms with van der Waals surface area (Å²) in [5, 5.41) is 2.36. The summed E-state index contributed by atoms with van der Waals surface area (Å²) in [7, 11) is 0. The second-order valence-electron chi connectivity index (χ2n) is 5.52. The van der Waals surface area contributed by atoms with Crippen molar-refractivity contribution < 1.29 is 22.7 Å². The molecular formula is C13H16BrF3N2O2. The highest BCUT2D eigenvalue weighted by Crippen LogP contribution is 2.33. The number of benzene rings is 1. The van der Waals surface area contributed by atoms with E-state index in [4.69, 9.17) is 5.73 Å². The monoisotopic (exact) mass is 368 g/mol. The zero-order chi connectivity index (χ0) is 16.4. The number of hydrogen-bond donors (Lipinski definition) is 2. The van der Waals surface area contributed by atoms with Crippen LogP contribution in [0.25, 0.3) is 0 Å². The molecule has 0 saturated heterocycles. The summed E-state index contributed by atoms with van der Waals surface area (Å²) in [5.41, 5.74) is 5.14. The molecule has 1 aromatic carbocycles. The standard InChI is InChI=1S/C13H16BrF3N2O2/c1-12(2,3)10(18)11(20)19-8-5-4-7(14)6-9(8)21-13(15,16)17/h4-6,10H,18H2,1-3H3,(H,19,20). The first-order chi connectivity index (χ1) is 9.40. The van der Waals surface area contributed by atoms with Crippen LogP contribution in [0.1, 0.15) is 20.8 Å². The maximum atomic E-state index is 12.4. The van der Waals surface area contributed by atoms with E-state index in [9.17, 15) is 18.0 Å². The number of alkyl halides is 3. The smallest absolute Gasteiger partial charge is 0.404 e. The van der Waals surface area contributed by atoms with Gasteiger partial charge in [0, 0.05) is 4.47 Å². The van der Waals surface area contributed by atoms with E-state index in [1.165, 1.54) is 12.1 Å². The predicted octanol–water partition coefficient (Wildman–Crippen LogP) is 3.66. The first kappa shape index (κ1) is 17.8. The van der Waals surface area contributed by atoms with Crippen molar-refractivity contribution in [3.05, 3.63) is 22.7 Å². The summed E-state index contributed by atoms with van der Waals surface area (Å²) >= 11 is 3.05. The van der Waals surface area contributed by atoms with Gasteiger partial charge >= 0.3 is 6.36 Å². The largest absolute Gasteiger partial charge is 0.573 e. The van der Waals surface area contributed by atoms with Crippen molar-refractivity contribution in [3.63, 3.8) is 0 Å². The molecule has 0 aromatic heterocycles. The second-order valence-corrected chi connectivity index (χ2v) is 6.44. The number of carbonyl (C=O) groups excluding carboxylic acids is 1. The maximum Gasteiger partial charge on any atom is 0.573 e. The van der Waals surface area contributed by atoms with Gasteiger partial charge in [-0.1, -0.05) is 36.7 Å². The van der Waals surface area contributed by atoms with Crippen LogP contribution in [0, 0.1) is 5.41 Å². The molecule has 1 unspecified atom stereocenters. The predicted molar refractivity (Wildman–Crippen MR) is 76.9 cm³/mol. The van der Waals surface area contributed by atoms with Crippen LogP contribution in [0.3, 0.4) is 0 Å². The first-order valence-corrected chi connectivity index (χ1v) is 6.81. The van der Waals surface area contributed by atoms with Gasteiger partial charge in [-0.25, -0.2) is 0 Å². The van der Waals surface area contributed by atoms with Crippen LogP contribution in [-0.4, -0.2) is 18.3 Å². The minimum Gasteiger partial charge on any atom is -0.404 e. The van der Waals surface area contributed by atoms with E-state index < -0.39 is 29.5 Å². The summed E-state index contributed by atoms with van der Waals surface area (Å²) < 4.78 is 41.4. The van der Waals surface area contributed by atoms with Crippen molar-refractivity contribution in [3.8, 4) is 5.75 Å². The fraction of sp³-hybridized carbons (Fsp3) is 0.462. The van der Waals surface area contributed by atoms with E-state index in [0.717, 1.165) is 6.07 Å². The van der Waals surface area contributed by atoms with Gasteiger partial charge in [0.05, 0.1) is 11.7 Å². The molecule has 1 aromatic rings. The molecule has 21 heavy (non-hydrogen) atoms. The number of halogens is 4. The van der Waals surface area contributed by atoms with Crippen molar-refractivity contribution in [2.75, 3.05) is 5.32 Å². The van der Waals surface area contributed by atoms with E-state index in [2.05, 4.69) is 26.0 Å². The van der Waals surface area contributed by atoms with Gasteiger partial charge in [-0.05, 0) is 23.6 Å². The Balaban J connectivity index is 3.01. The maximum absolute atomic E-state index is 12.4. The van der Waals surface area contributed by atoms with E-state index in [-0.39, 0.29) is 5.69 Å². The van der Waals surface area contributed by atoms with Crippen LogP contribution >= 0.6 is 15.9 Å². The van der Waals surface area contributed by atoms with Gasteiger partial charge in [0.25, 0.3) is 0 Å². The average molecular weight is 369 g/mol. The molecule has 0 saturated carbocycles. The average Bonchev–Trinajstić information content (AvgIpc) is 2.28. The van der Waals surface area contributed by atoms with Gasteiger partial charge < -0.3 is 15.8 Å². The fourth-order valence-electron chi connectivity index (χ4n) is 1.41. The molecule has 3 N–H and O–H groups in total. The number of rotatable bonds is 3. The Morgan fingerprint density at radius 3 is 2.38 bits per heavy atom. The summed E-state index contributed by atoms with van der Waals surface area (Å²) in [6, 6.07) is 3.03. The van der Waals surface area contributed by atoms with Gasteiger partial charge in [0.1, 0.15) is 0 Å². The number of carbonyl (C=O) groups is 1. The molecule has 118 valence electrons. The molecule has 0 radical (unpaired) electrons. The van der Waals surface area contributed by atoms with Crippen molar-refractivity contribution in [1.29, 1.82) is 0 Å². The van der Waals surface area contributed by atoms with Gasteiger partial charge in [-0.2, -0.15) is 0 Å². The number of nitrogens with one attached hydrogen (secondary N) is 1. The third-order valence-electron chi connectivity index (χ3n) is 2.64. The minimum atomic E-state index is -4.85. The van der Waals surface area contributed by atoms with E-state index in [1.807, 2.05) is 0 Å². The molecule has 0 spiro atoms. The zero-order valence-corrected chi connectivity index (χ0v) is 13.3. The quantitative estimate of drug-likeness (QED) is 0.855. The van der Waals surface area contributed by atoms with E-state index >= 15 is 0 Å². The lowest BCUT2D eigenvalue weighted by molar-refractivity contribution is -0.274. The Bertz CT molecular complexity index is 527. The molecule has 0 aliphatic rings. The van der Waals surface area contributed by atoms with E-state index in [1.54, 1.807) is 20.8 Å². The van der Waals surface area contributed by atoms with Gasteiger partial charge in [-0.15, -0.1) is 13.2 Å². The third kappa shape index (κ3) is 5.55. The molecule has 0 aliphatic heterocycles. The second kappa shape index (κ2) is 6.23. The summed E-state index contributed by atoms with van der Waals surface area (Å²) in [6.07, 6.45) is -4.85. The van der Waals surface area contributed by atoms with Crippen LogP contribution in [0.4, 0.5) is 18.9 Å². The number of anilines is 1. The molecular weight excluding hydrogens is 353 g/mol. The zero-order valence-electron chi connectivity index (χ0n) is 11.7. The SMILES string of the molecule is CC(C)(C)C(N)C(=O)Nc1ccc(Br)cc1OC(F)(F)F. The number of hydrogen-bond acceptors (Lipinski definition) is 3. The Morgan fingerprint density at radius 1 is 1.33 bits per heavy atom. The van der Waals surface area contributed by atoms with E-state index in [0.29, 0.717) is 4.47 Å². The van der Waals surface area contributed by atoms with Crippen molar-refractivity contribution in [1.82, 2.24) is 0 Å². The molecule has 0 fully saturated rings. The number of nitrogens with two attached hydrogens (primary N) is 1. The van der Waals surface area contributed by atoms with Crippen molar-refractivity contribution in [2.45, 2.75) is 33.2 Å². The Kier molecular flexibility index (Phi) is 5.27. The highest BCUT2D eigenvalue weighted by molar-refractivity contribution is 9.10. The van der Waals surface area contributed by atoms with Crippen LogP contribution in [0.2, 0.25) is 0 Å². The van der Waals surface area contributed by atoms with Crippen LogP contribution in [-0.2, 0) is 4.79 Å². The minimum absolute atomic E-state index is 0.0970.